The van der Waals surface area contributed by atoms with Crippen molar-refractivity contribution in [2.75, 3.05) is 4.90 Å². The van der Waals surface area contributed by atoms with Crippen molar-refractivity contribution < 1.29 is 8.83 Å². The van der Waals surface area contributed by atoms with Gasteiger partial charge >= 0.3 is 6.85 Å². The third-order valence-corrected chi connectivity index (χ3v) is 12.0. The number of nitrogens with zero attached hydrogens (tertiary/aromatic N) is 2. The molecule has 0 atom stereocenters. The Balaban J connectivity index is 1.29. The molecule has 5 heterocycles. The molecule has 12 rings (SSSR count). The van der Waals surface area contributed by atoms with Crippen LogP contribution in [0, 0.1) is 6.92 Å². The third-order valence-electron chi connectivity index (χ3n) is 12.0. The largest absolute Gasteiger partial charge is 0.456 e. The number of rotatable bonds is 2. The van der Waals surface area contributed by atoms with Crippen molar-refractivity contribution >= 4 is 89.7 Å². The second-order valence-electron chi connectivity index (χ2n) is 16.2. The molecule has 3 aromatic heterocycles. The van der Waals surface area contributed by atoms with Crippen LogP contribution >= 0.6 is 0 Å². The predicted octanol–water partition coefficient (Wildman–Crippen LogP) is 12.1. The van der Waals surface area contributed by atoms with Crippen LogP contribution in [0.1, 0.15) is 31.9 Å². The van der Waals surface area contributed by atoms with E-state index < -0.39 is 0 Å². The molecule has 4 nitrogen and oxygen atoms in total. The molecule has 0 bridgehead atoms. The number of aryl methyl sites for hydroxylation is 1. The van der Waals surface area contributed by atoms with Gasteiger partial charge in [0.25, 0.3) is 0 Å². The second kappa shape index (κ2) is 10.4. The van der Waals surface area contributed by atoms with Crippen molar-refractivity contribution in [3.05, 3.63) is 151 Å². The van der Waals surface area contributed by atoms with E-state index in [1.165, 1.54) is 55.5 Å². The van der Waals surface area contributed by atoms with Crippen LogP contribution in [-0.2, 0) is 5.41 Å². The van der Waals surface area contributed by atoms with Crippen LogP contribution in [0.4, 0.5) is 17.1 Å². The van der Waals surface area contributed by atoms with Crippen molar-refractivity contribution in [2.45, 2.75) is 33.1 Å². The Hall–Kier alpha value is -6.46. The molecule has 0 radical (unpaired) electrons. The number of para-hydroxylation sites is 3. The molecule has 0 saturated heterocycles. The first-order valence-corrected chi connectivity index (χ1v) is 18.9. The Labute approximate surface area is 312 Å². The minimum Gasteiger partial charge on any atom is -0.456 e. The molecule has 0 N–H and O–H groups in total. The Bertz CT molecular complexity index is 3230. The number of anilines is 3. The van der Waals surface area contributed by atoms with E-state index in [4.69, 9.17) is 8.83 Å². The van der Waals surface area contributed by atoms with E-state index in [1.807, 2.05) is 0 Å². The van der Waals surface area contributed by atoms with E-state index in [0.717, 1.165) is 60.8 Å². The van der Waals surface area contributed by atoms with Gasteiger partial charge in [0.2, 0.25) is 0 Å². The average Bonchev–Trinajstić information content (AvgIpc) is 3.86. The number of aromatic nitrogens is 1. The molecule has 0 unspecified atom stereocenters. The van der Waals surface area contributed by atoms with E-state index in [1.54, 1.807) is 0 Å². The van der Waals surface area contributed by atoms with E-state index in [0.29, 0.717) is 0 Å². The molecular weight excluding hydrogens is 659 g/mol. The summed E-state index contributed by atoms with van der Waals surface area (Å²) in [5.41, 5.74) is 19.5. The molecule has 2 aliphatic heterocycles. The van der Waals surface area contributed by atoms with Gasteiger partial charge in [-0.3, -0.25) is 0 Å². The maximum Gasteiger partial charge on any atom is 0.333 e. The summed E-state index contributed by atoms with van der Waals surface area (Å²) < 4.78 is 16.0. The zero-order chi connectivity index (χ0) is 36.0. The van der Waals surface area contributed by atoms with E-state index in [9.17, 15) is 0 Å². The third kappa shape index (κ3) is 3.83. The minimum absolute atomic E-state index is 0.0221. The monoisotopic (exact) mass is 694 g/mol. The lowest BCUT2D eigenvalue weighted by Crippen LogP contribution is -2.56. The van der Waals surface area contributed by atoms with Crippen LogP contribution in [0.2, 0.25) is 0 Å². The van der Waals surface area contributed by atoms with Crippen LogP contribution in [0.15, 0.2) is 148 Å². The zero-order valence-electron chi connectivity index (χ0n) is 30.6. The maximum absolute atomic E-state index is 6.75. The average molecular weight is 695 g/mol. The molecular formula is C49H35BN2O2. The summed E-state index contributed by atoms with van der Waals surface area (Å²) in [6.45, 7) is 9.02. The molecule has 256 valence electrons. The second-order valence-corrected chi connectivity index (χ2v) is 16.2. The zero-order valence-corrected chi connectivity index (χ0v) is 30.6. The smallest absolute Gasteiger partial charge is 0.333 e. The van der Waals surface area contributed by atoms with Gasteiger partial charge in [0, 0.05) is 38.5 Å². The first kappa shape index (κ1) is 30.1. The van der Waals surface area contributed by atoms with Gasteiger partial charge in [0.15, 0.2) is 5.58 Å². The topological polar surface area (TPSA) is 34.5 Å². The van der Waals surface area contributed by atoms with Crippen LogP contribution < -0.4 is 15.8 Å². The standard InChI is InChI=1S/C49H35BN2O2/c1-28-25-36-31-17-12-18-34-45(31)52(46-33-16-9-11-20-41(33)54-48(34)46)50-37-22-24-42-43(32-15-8-10-19-40(32)53-42)47(37)51(39(26-28)44(36)50)38-23-21-30(49(2,3)4)27-35(38)29-13-6-5-7-14-29/h5-27H,1-4H3. The lowest BCUT2D eigenvalue weighted by Gasteiger charge is -2.41. The van der Waals surface area contributed by atoms with Crippen molar-refractivity contribution in [1.82, 2.24) is 4.48 Å². The molecule has 0 amide bonds. The summed E-state index contributed by atoms with van der Waals surface area (Å²) in [5, 5.41) is 4.53. The predicted molar refractivity (Wildman–Crippen MR) is 226 cm³/mol. The van der Waals surface area contributed by atoms with Crippen LogP contribution in [0.5, 0.6) is 0 Å². The highest BCUT2D eigenvalue weighted by Gasteiger charge is 2.45. The number of hydrogen-bond donors (Lipinski definition) is 0. The molecule has 54 heavy (non-hydrogen) atoms. The molecule has 0 saturated carbocycles. The van der Waals surface area contributed by atoms with Crippen molar-refractivity contribution in [3.8, 4) is 22.3 Å². The fraction of sp³-hybridized carbons (Fsp3) is 0.102. The van der Waals surface area contributed by atoms with Gasteiger partial charge in [-0.2, -0.15) is 0 Å². The van der Waals surface area contributed by atoms with Crippen LogP contribution in [0.25, 0.3) is 77.2 Å². The van der Waals surface area contributed by atoms with Crippen molar-refractivity contribution in [1.29, 1.82) is 0 Å². The lowest BCUT2D eigenvalue weighted by molar-refractivity contribution is 0.590. The van der Waals surface area contributed by atoms with Crippen molar-refractivity contribution in [3.63, 3.8) is 0 Å². The Morgan fingerprint density at radius 1 is 0.556 bits per heavy atom. The summed E-state index contributed by atoms with van der Waals surface area (Å²) in [7, 11) is 0. The van der Waals surface area contributed by atoms with Gasteiger partial charge in [0.1, 0.15) is 16.7 Å². The highest BCUT2D eigenvalue weighted by Crippen LogP contribution is 2.51. The normalized spacial score (nSPS) is 13.5. The molecule has 2 aliphatic rings. The number of furan rings is 2. The van der Waals surface area contributed by atoms with Crippen LogP contribution in [-0.4, -0.2) is 11.3 Å². The van der Waals surface area contributed by atoms with E-state index in [2.05, 4.69) is 177 Å². The molecule has 10 aromatic rings. The van der Waals surface area contributed by atoms with E-state index in [-0.39, 0.29) is 12.3 Å². The maximum atomic E-state index is 6.75. The Kier molecular flexibility index (Phi) is 5.76. The summed E-state index contributed by atoms with van der Waals surface area (Å²) in [6.07, 6.45) is 0. The van der Waals surface area contributed by atoms with Gasteiger partial charge in [-0.1, -0.05) is 112 Å². The summed E-state index contributed by atoms with van der Waals surface area (Å²) in [5.74, 6) is 0. The van der Waals surface area contributed by atoms with E-state index >= 15 is 0 Å². The first-order valence-electron chi connectivity index (χ1n) is 18.9. The summed E-state index contributed by atoms with van der Waals surface area (Å²) in [6, 6.07) is 51.0. The highest BCUT2D eigenvalue weighted by atomic mass is 16.3. The van der Waals surface area contributed by atoms with Crippen LogP contribution in [0.3, 0.4) is 0 Å². The summed E-state index contributed by atoms with van der Waals surface area (Å²) in [4.78, 5) is 2.57. The van der Waals surface area contributed by atoms with Gasteiger partial charge in [-0.05, 0) is 94.0 Å². The Morgan fingerprint density at radius 3 is 2.11 bits per heavy atom. The number of fused-ring (bicyclic) bond motifs is 13. The SMILES string of the molecule is Cc1cc2c3c(c1)N(c1ccc(C(C)(C)C)cc1-c1ccccc1)c1c(ccc4oc5ccccc5c14)B3n1c3c-2cccc3c2oc3ccccc3c21. The fourth-order valence-electron chi connectivity index (χ4n) is 9.62. The fourth-order valence-corrected chi connectivity index (χ4v) is 9.62. The molecule has 7 aromatic carbocycles. The van der Waals surface area contributed by atoms with Gasteiger partial charge in [-0.15, -0.1) is 0 Å². The number of benzene rings is 7. The van der Waals surface area contributed by atoms with Gasteiger partial charge in [0.05, 0.1) is 22.3 Å². The minimum atomic E-state index is -0.107. The lowest BCUT2D eigenvalue weighted by atomic mass is 9.45. The molecule has 0 fully saturated rings. The molecule has 5 heteroatoms. The highest BCUT2D eigenvalue weighted by molar-refractivity contribution is 6.90. The summed E-state index contributed by atoms with van der Waals surface area (Å²) >= 11 is 0. The van der Waals surface area contributed by atoms with Gasteiger partial charge < -0.3 is 18.2 Å². The number of hydrogen-bond acceptors (Lipinski definition) is 3. The quantitative estimate of drug-likeness (QED) is 0.169. The van der Waals surface area contributed by atoms with Crippen molar-refractivity contribution in [2.24, 2.45) is 0 Å². The Morgan fingerprint density at radius 2 is 1.30 bits per heavy atom. The molecule has 0 aliphatic carbocycles. The van der Waals surface area contributed by atoms with Gasteiger partial charge in [-0.25, -0.2) is 0 Å². The first-order chi connectivity index (χ1) is 26.3. The molecule has 0 spiro atoms.